The van der Waals surface area contributed by atoms with Crippen molar-refractivity contribution in [3.05, 3.63) is 431 Å². The van der Waals surface area contributed by atoms with Gasteiger partial charge in [0, 0.05) is 65.1 Å². The number of rotatable bonds is 10. The summed E-state index contributed by atoms with van der Waals surface area (Å²) in [6.45, 7) is 9.43. The normalized spacial score (nSPS) is 14.4. The Morgan fingerprint density at radius 1 is 0.188 bits per heavy atom. The Morgan fingerprint density at radius 3 is 0.884 bits per heavy atom. The van der Waals surface area contributed by atoms with E-state index in [9.17, 15) is 0 Å². The molecule has 21 rings (SSSR count). The summed E-state index contributed by atoms with van der Waals surface area (Å²) in [6.07, 6.45) is 0. The van der Waals surface area contributed by atoms with Crippen molar-refractivity contribution < 1.29 is 4.74 Å². The fourth-order valence-corrected chi connectivity index (χ4v) is 19.6. The Hall–Kier alpha value is -13.5. The number of nitrogens with zero attached hydrogens (tertiary/aromatic N) is 6. The highest BCUT2D eigenvalue weighted by Crippen LogP contribution is 2.64. The maximum Gasteiger partial charge on any atom is 0.164 e. The molecule has 2 aromatic heterocycles. The van der Waals surface area contributed by atoms with Gasteiger partial charge in [-0.05, 0) is 143 Å². The first-order valence-electron chi connectivity index (χ1n) is 38.4. The summed E-state index contributed by atoms with van der Waals surface area (Å²) in [6, 6.07) is 131. The lowest BCUT2D eigenvalue weighted by Crippen LogP contribution is -2.43. The van der Waals surface area contributed by atoms with Gasteiger partial charge in [-0.25, -0.2) is 29.9 Å². The van der Waals surface area contributed by atoms with Gasteiger partial charge in [0.05, 0.1) is 10.8 Å². The molecule has 2 spiro atoms. The molecule has 112 heavy (non-hydrogen) atoms. The van der Waals surface area contributed by atoms with Crippen LogP contribution in [0.2, 0.25) is 0 Å². The van der Waals surface area contributed by atoms with E-state index < -0.39 is 10.8 Å². The van der Waals surface area contributed by atoms with E-state index in [4.69, 9.17) is 34.6 Å². The summed E-state index contributed by atoms with van der Waals surface area (Å²) in [5.41, 5.74) is 27.1. The van der Waals surface area contributed by atoms with E-state index in [1.807, 2.05) is 17.8 Å². The number of benzene rings is 15. The van der Waals surface area contributed by atoms with Gasteiger partial charge in [0.1, 0.15) is 11.5 Å². The van der Waals surface area contributed by atoms with Gasteiger partial charge in [-0.2, -0.15) is 0 Å². The van der Waals surface area contributed by atoms with Crippen LogP contribution in [0.5, 0.6) is 11.5 Å². The number of aromatic nitrogens is 6. The maximum atomic E-state index is 6.78. The van der Waals surface area contributed by atoms with Gasteiger partial charge in [0.25, 0.3) is 0 Å². The lowest BCUT2D eigenvalue weighted by atomic mass is 9.53. The lowest BCUT2D eigenvalue weighted by molar-refractivity contribution is 0.425. The SMILES string of the molecule is CC1(C)c2ccccc2C2(c3ccccc3Oc3ccccc32)c2cc(-c3nc(-c4ccc(-c5ccccc5)cc4)nc(-c4ccc(-c5ccc(-c6ccc(-c7nc(-c8cccc(-c9ccccc9)c8)nc(-c8ccc9c(c8)C(C)(C)c8ccccc8C98c9ccccc9Sc9ccccc98)n7)cc6)cc5)cc4)n3)ccc21. The molecular weight excluding hydrogens is 1380 g/mol. The average molecular weight is 1450 g/mol. The Bertz CT molecular complexity index is 6520. The number of hydrogen-bond acceptors (Lipinski definition) is 8. The first kappa shape index (κ1) is 66.7. The van der Waals surface area contributed by atoms with Crippen LogP contribution in [0.1, 0.15) is 94.5 Å². The van der Waals surface area contributed by atoms with Gasteiger partial charge in [0.2, 0.25) is 0 Å². The van der Waals surface area contributed by atoms with Crippen molar-refractivity contribution in [3.63, 3.8) is 0 Å². The van der Waals surface area contributed by atoms with Crippen LogP contribution >= 0.6 is 11.8 Å². The van der Waals surface area contributed by atoms with E-state index in [0.717, 1.165) is 101 Å². The van der Waals surface area contributed by atoms with Crippen LogP contribution in [0.3, 0.4) is 0 Å². The summed E-state index contributed by atoms with van der Waals surface area (Å²) in [5.74, 6) is 5.26. The molecule has 7 nitrogen and oxygen atoms in total. The third kappa shape index (κ3) is 10.6. The number of fused-ring (bicyclic) bond motifs is 16. The van der Waals surface area contributed by atoms with Crippen molar-refractivity contribution in [1.29, 1.82) is 0 Å². The van der Waals surface area contributed by atoms with Crippen LogP contribution < -0.4 is 4.74 Å². The second kappa shape index (κ2) is 26.1. The van der Waals surface area contributed by atoms with Crippen LogP contribution in [0, 0.1) is 0 Å². The number of para-hydroxylation sites is 2. The molecule has 0 bridgehead atoms. The van der Waals surface area contributed by atoms with E-state index in [1.165, 1.54) is 65.4 Å². The van der Waals surface area contributed by atoms with Crippen molar-refractivity contribution in [1.82, 2.24) is 29.9 Å². The molecule has 0 amide bonds. The largest absolute Gasteiger partial charge is 0.457 e. The lowest BCUT2D eigenvalue weighted by Gasteiger charge is -2.50. The highest BCUT2D eigenvalue weighted by molar-refractivity contribution is 7.99. The molecule has 0 fully saturated rings. The van der Waals surface area contributed by atoms with Gasteiger partial charge in [-0.15, -0.1) is 0 Å². The minimum absolute atomic E-state index is 0.338. The molecule has 4 aliphatic rings. The van der Waals surface area contributed by atoms with Crippen LogP contribution in [0.15, 0.2) is 374 Å². The van der Waals surface area contributed by atoms with Gasteiger partial charge in [-0.1, -0.05) is 361 Å². The monoisotopic (exact) mass is 1450 g/mol. The number of ether oxygens (including phenoxy) is 1. The molecule has 2 aliphatic carbocycles. The molecule has 15 aromatic carbocycles. The molecule has 0 saturated carbocycles. The van der Waals surface area contributed by atoms with Crippen molar-refractivity contribution in [2.45, 2.75) is 59.1 Å². The second-order valence-electron chi connectivity index (χ2n) is 30.8. The quantitative estimate of drug-likeness (QED) is 0.134. The number of hydrogen-bond donors (Lipinski definition) is 0. The maximum absolute atomic E-state index is 6.78. The molecule has 0 atom stereocenters. The predicted octanol–water partition coefficient (Wildman–Crippen LogP) is 25.3. The minimum atomic E-state index is -0.710. The van der Waals surface area contributed by atoms with Crippen LogP contribution in [-0.2, 0) is 21.7 Å². The fourth-order valence-electron chi connectivity index (χ4n) is 18.4. The Kier molecular flexibility index (Phi) is 15.5. The Labute approximate surface area is 656 Å². The predicted molar refractivity (Wildman–Crippen MR) is 453 cm³/mol. The Morgan fingerprint density at radius 2 is 0.446 bits per heavy atom. The molecule has 8 heteroatoms. The molecule has 4 heterocycles. The van der Waals surface area contributed by atoms with Gasteiger partial charge >= 0.3 is 0 Å². The third-order valence-corrected chi connectivity index (χ3v) is 25.1. The van der Waals surface area contributed by atoms with Crippen molar-refractivity contribution >= 4 is 11.8 Å². The first-order chi connectivity index (χ1) is 55.0. The molecule has 0 saturated heterocycles. The topological polar surface area (TPSA) is 86.6 Å². The smallest absolute Gasteiger partial charge is 0.164 e. The summed E-state index contributed by atoms with van der Waals surface area (Å²) in [5, 5.41) is 0. The summed E-state index contributed by atoms with van der Waals surface area (Å²) in [4.78, 5) is 34.9. The van der Waals surface area contributed by atoms with E-state index in [0.29, 0.717) is 34.9 Å². The zero-order valence-corrected chi connectivity index (χ0v) is 63.0. The summed E-state index contributed by atoms with van der Waals surface area (Å²) >= 11 is 1.86. The minimum Gasteiger partial charge on any atom is -0.457 e. The molecule has 0 unspecified atom stereocenters. The van der Waals surface area contributed by atoms with Crippen molar-refractivity contribution in [2.24, 2.45) is 0 Å². The van der Waals surface area contributed by atoms with E-state index >= 15 is 0 Å². The van der Waals surface area contributed by atoms with E-state index in [2.05, 4.69) is 386 Å². The molecule has 2 aliphatic heterocycles. The summed E-state index contributed by atoms with van der Waals surface area (Å²) in [7, 11) is 0. The molecular formula is C104H72N6OS. The highest BCUT2D eigenvalue weighted by Gasteiger charge is 2.54. The Balaban J connectivity index is 0.623. The second-order valence-corrected chi connectivity index (χ2v) is 31.9. The average Bonchev–Trinajstić information content (AvgIpc) is 0.681. The third-order valence-electron chi connectivity index (χ3n) is 23.9. The zero-order chi connectivity index (χ0) is 74.9. The fraction of sp³-hybridized carbons (Fsp3) is 0.0769. The molecule has 17 aromatic rings. The molecule has 530 valence electrons. The molecule has 0 radical (unpaired) electrons. The summed E-state index contributed by atoms with van der Waals surface area (Å²) < 4.78 is 6.78. The van der Waals surface area contributed by atoms with Crippen LogP contribution in [0.25, 0.3) is 113 Å². The van der Waals surface area contributed by atoms with Gasteiger partial charge in [0.15, 0.2) is 34.9 Å². The van der Waals surface area contributed by atoms with E-state index in [1.54, 1.807) is 0 Å². The van der Waals surface area contributed by atoms with Gasteiger partial charge < -0.3 is 4.74 Å². The first-order valence-corrected chi connectivity index (χ1v) is 39.2. The van der Waals surface area contributed by atoms with Crippen molar-refractivity contribution in [2.75, 3.05) is 0 Å². The zero-order valence-electron chi connectivity index (χ0n) is 62.1. The van der Waals surface area contributed by atoms with Crippen molar-refractivity contribution in [3.8, 4) is 124 Å². The van der Waals surface area contributed by atoms with Crippen LogP contribution in [0.4, 0.5) is 0 Å². The highest BCUT2D eigenvalue weighted by atomic mass is 32.2. The molecule has 0 N–H and O–H groups in total. The van der Waals surface area contributed by atoms with Gasteiger partial charge in [-0.3, -0.25) is 0 Å². The van der Waals surface area contributed by atoms with E-state index in [-0.39, 0.29) is 10.8 Å². The van der Waals surface area contributed by atoms with Crippen LogP contribution in [-0.4, -0.2) is 29.9 Å². The standard InChI is InChI=1S/C104H72N6OS/c1-101(2)79-30-11-14-33-83(79)104(85-34-15-19-38-91(85)111-92-39-20-16-35-86(92)104)90-64-78(58-60-81(90)101)100-107-95(72-52-46-67(47-53-72)65-24-7-5-8-25-65)105-96(108-100)73-54-48-70(49-55-73)68-42-44-69(45-43-68)71-50-56-74(57-51-71)97-106-98(76-29-23-28-75(62-76)66-26-9-6-10-27-66)110-99(109-97)77-59-61-84-89(63-77)102(3,4)80-31-12-13-32-82(80)103(84)87-36-17-21-40-93(87)112-94-41-22-18-37-88(94)103/h5-64H,1-4H3.